The van der Waals surface area contributed by atoms with Crippen LogP contribution in [0.4, 0.5) is 0 Å². The molecule has 0 spiro atoms. The van der Waals surface area contributed by atoms with Gasteiger partial charge in [0.2, 0.25) is 5.91 Å². The van der Waals surface area contributed by atoms with Crippen LogP contribution in [-0.2, 0) is 14.3 Å². The molecule has 0 aliphatic heterocycles. The molecule has 0 aromatic rings. The van der Waals surface area contributed by atoms with Crippen molar-refractivity contribution in [3.63, 3.8) is 0 Å². The van der Waals surface area contributed by atoms with Crippen LogP contribution in [0.5, 0.6) is 0 Å². The normalized spacial score (nSPS) is 13.9. The molecule has 0 aliphatic rings. The van der Waals surface area contributed by atoms with Crippen LogP contribution in [0.25, 0.3) is 0 Å². The smallest absolute Gasteiger partial charge is 0.306 e. The Hall–Kier alpha value is -2.44. The topological polar surface area (TPSA) is 95.9 Å². The van der Waals surface area contributed by atoms with Crippen molar-refractivity contribution in [1.82, 2.24) is 5.32 Å². The fraction of sp³-hybridized carbons (Fsp3) is 0.750. The fourth-order valence-corrected chi connectivity index (χ4v) is 6.58. The first kappa shape index (κ1) is 51.6. The van der Waals surface area contributed by atoms with E-state index in [4.69, 9.17) is 4.74 Å². The van der Waals surface area contributed by atoms with Gasteiger partial charge in [0.25, 0.3) is 0 Å². The Kier molecular flexibility index (Phi) is 39.8. The number of hydrogen-bond acceptors (Lipinski definition) is 5. The quantitative estimate of drug-likeness (QED) is 0.0330. The van der Waals surface area contributed by atoms with Crippen LogP contribution >= 0.6 is 0 Å². The van der Waals surface area contributed by atoms with E-state index < -0.39 is 18.2 Å². The number of allylic oxidation sites excluding steroid dienone is 10. The van der Waals surface area contributed by atoms with Crippen molar-refractivity contribution in [3.8, 4) is 0 Å². The Morgan fingerprint density at radius 3 is 1.44 bits per heavy atom. The number of aliphatic hydroxyl groups excluding tert-OH is 2. The van der Waals surface area contributed by atoms with E-state index in [2.05, 4.69) is 32.2 Å². The number of amides is 1. The molecule has 312 valence electrons. The van der Waals surface area contributed by atoms with Crippen LogP contribution < -0.4 is 5.32 Å². The maximum absolute atomic E-state index is 13.1. The Morgan fingerprint density at radius 2 is 0.981 bits per heavy atom. The second-order valence-electron chi connectivity index (χ2n) is 15.2. The van der Waals surface area contributed by atoms with Crippen LogP contribution in [0.2, 0.25) is 0 Å². The summed E-state index contributed by atoms with van der Waals surface area (Å²) in [5.41, 5.74) is 0. The summed E-state index contributed by atoms with van der Waals surface area (Å²) in [5.74, 6) is -0.563. The summed E-state index contributed by atoms with van der Waals surface area (Å²) in [7, 11) is 0. The Bertz CT molecular complexity index is 984. The van der Waals surface area contributed by atoms with Crippen molar-refractivity contribution in [3.05, 3.63) is 60.8 Å². The standard InChI is InChI=1S/C48H85NO5/c1-4-7-10-13-16-19-22-24-26-29-32-35-38-41-48(53)54-44(39-36-33-30-27-25-23-20-17-14-11-8-5-2)42-47(52)49-45(43-50)46(51)40-37-34-31-28-21-18-15-12-9-6-3/h7,10,13,16,19,22,24,26,29,32,44-46,50-51H,4-6,8-9,11-12,14-15,17-18,20-21,23,25,27-28,30-31,33-43H2,1-3H3,(H,49,52)/b10-7+,16-13+,22-19-,26-24-,32-29+. The number of unbranched alkanes of at least 4 members (excludes halogenated alkanes) is 21. The van der Waals surface area contributed by atoms with E-state index in [1.807, 2.05) is 54.7 Å². The lowest BCUT2D eigenvalue weighted by molar-refractivity contribution is -0.151. The number of carbonyl (C=O) groups is 2. The first-order chi connectivity index (χ1) is 26.5. The lowest BCUT2D eigenvalue weighted by Gasteiger charge is -2.24. The van der Waals surface area contributed by atoms with Gasteiger partial charge in [0, 0.05) is 6.42 Å². The average Bonchev–Trinajstić information content (AvgIpc) is 3.16. The van der Waals surface area contributed by atoms with Crippen LogP contribution in [0.15, 0.2) is 60.8 Å². The Morgan fingerprint density at radius 1 is 0.556 bits per heavy atom. The van der Waals surface area contributed by atoms with Gasteiger partial charge in [-0.25, -0.2) is 0 Å². The second kappa shape index (κ2) is 41.7. The summed E-state index contributed by atoms with van der Waals surface area (Å²) >= 11 is 0. The van der Waals surface area contributed by atoms with E-state index in [1.165, 1.54) is 103 Å². The molecule has 3 atom stereocenters. The highest BCUT2D eigenvalue weighted by Gasteiger charge is 2.24. The number of nitrogens with one attached hydrogen (secondary N) is 1. The maximum atomic E-state index is 13.1. The third kappa shape index (κ3) is 36.5. The summed E-state index contributed by atoms with van der Waals surface area (Å²) in [6.45, 7) is 6.29. The van der Waals surface area contributed by atoms with Crippen LogP contribution in [-0.4, -0.2) is 46.9 Å². The molecular formula is C48H85NO5. The minimum absolute atomic E-state index is 0.0491. The summed E-state index contributed by atoms with van der Waals surface area (Å²) < 4.78 is 5.86. The molecule has 6 nitrogen and oxygen atoms in total. The molecule has 0 heterocycles. The van der Waals surface area contributed by atoms with Gasteiger partial charge in [-0.05, 0) is 38.5 Å². The molecule has 0 aromatic heterocycles. The molecule has 0 rings (SSSR count). The number of hydrogen-bond donors (Lipinski definition) is 3. The third-order valence-electron chi connectivity index (χ3n) is 9.99. The molecule has 0 saturated heterocycles. The fourth-order valence-electron chi connectivity index (χ4n) is 6.58. The zero-order chi connectivity index (χ0) is 39.6. The van der Waals surface area contributed by atoms with Gasteiger partial charge in [-0.1, -0.05) is 216 Å². The molecule has 0 bridgehead atoms. The molecule has 0 fully saturated rings. The van der Waals surface area contributed by atoms with Gasteiger partial charge in [-0.3, -0.25) is 9.59 Å². The van der Waals surface area contributed by atoms with Crippen LogP contribution in [0, 0.1) is 0 Å². The maximum Gasteiger partial charge on any atom is 0.306 e. The Labute approximate surface area is 333 Å². The summed E-state index contributed by atoms with van der Waals surface area (Å²) in [4.78, 5) is 25.9. The van der Waals surface area contributed by atoms with Gasteiger partial charge in [-0.15, -0.1) is 0 Å². The van der Waals surface area contributed by atoms with Gasteiger partial charge in [-0.2, -0.15) is 0 Å². The molecule has 0 radical (unpaired) electrons. The number of rotatable bonds is 39. The van der Waals surface area contributed by atoms with E-state index in [1.54, 1.807) is 0 Å². The molecule has 3 unspecified atom stereocenters. The summed E-state index contributed by atoms with van der Waals surface area (Å²) in [6, 6.07) is -0.713. The third-order valence-corrected chi connectivity index (χ3v) is 9.99. The lowest BCUT2D eigenvalue weighted by Crippen LogP contribution is -2.46. The largest absolute Gasteiger partial charge is 0.462 e. The molecule has 1 amide bonds. The van der Waals surface area contributed by atoms with E-state index in [0.717, 1.165) is 51.4 Å². The first-order valence-electron chi connectivity index (χ1n) is 22.6. The highest BCUT2D eigenvalue weighted by molar-refractivity contribution is 5.77. The van der Waals surface area contributed by atoms with E-state index >= 15 is 0 Å². The van der Waals surface area contributed by atoms with Crippen LogP contribution in [0.1, 0.15) is 207 Å². The molecular weight excluding hydrogens is 671 g/mol. The van der Waals surface area contributed by atoms with E-state index in [0.29, 0.717) is 25.7 Å². The summed E-state index contributed by atoms with van der Waals surface area (Å²) in [6.07, 6.45) is 50.0. The van der Waals surface area contributed by atoms with Crippen molar-refractivity contribution in [2.24, 2.45) is 0 Å². The van der Waals surface area contributed by atoms with Gasteiger partial charge < -0.3 is 20.3 Å². The van der Waals surface area contributed by atoms with Crippen molar-refractivity contribution < 1.29 is 24.5 Å². The molecule has 0 saturated carbocycles. The zero-order valence-electron chi connectivity index (χ0n) is 35.3. The van der Waals surface area contributed by atoms with Crippen molar-refractivity contribution in [2.45, 2.75) is 225 Å². The minimum Gasteiger partial charge on any atom is -0.462 e. The molecule has 0 aromatic carbocycles. The molecule has 3 N–H and O–H groups in total. The number of ether oxygens (including phenoxy) is 1. The zero-order valence-corrected chi connectivity index (χ0v) is 35.3. The number of esters is 1. The lowest BCUT2D eigenvalue weighted by atomic mass is 10.0. The van der Waals surface area contributed by atoms with Crippen molar-refractivity contribution in [2.75, 3.05) is 6.61 Å². The molecule has 6 heteroatoms. The molecule has 0 aliphatic carbocycles. The number of aliphatic hydroxyl groups is 2. The van der Waals surface area contributed by atoms with Gasteiger partial charge in [0.1, 0.15) is 6.10 Å². The molecule has 54 heavy (non-hydrogen) atoms. The predicted octanol–water partition coefficient (Wildman–Crippen LogP) is 12.9. The SMILES string of the molecule is CC/C=C/C=C/C=C\C=C/C=C/CCCC(=O)OC(CCCCCCCCCCCCCC)CC(=O)NC(CO)C(O)CCCCCCCCCCCC. The minimum atomic E-state index is -0.797. The Balaban J connectivity index is 4.72. The highest BCUT2D eigenvalue weighted by atomic mass is 16.5. The first-order valence-corrected chi connectivity index (χ1v) is 22.6. The van der Waals surface area contributed by atoms with Gasteiger partial charge >= 0.3 is 5.97 Å². The average molecular weight is 756 g/mol. The van der Waals surface area contributed by atoms with Crippen LogP contribution in [0.3, 0.4) is 0 Å². The van der Waals surface area contributed by atoms with E-state index in [9.17, 15) is 19.8 Å². The monoisotopic (exact) mass is 756 g/mol. The van der Waals surface area contributed by atoms with Gasteiger partial charge in [0.05, 0.1) is 25.2 Å². The van der Waals surface area contributed by atoms with Crippen molar-refractivity contribution in [1.29, 1.82) is 0 Å². The summed E-state index contributed by atoms with van der Waals surface area (Å²) in [5, 5.41) is 23.6. The highest BCUT2D eigenvalue weighted by Crippen LogP contribution is 2.17. The van der Waals surface area contributed by atoms with E-state index in [-0.39, 0.29) is 24.9 Å². The number of carbonyl (C=O) groups excluding carboxylic acids is 2. The second-order valence-corrected chi connectivity index (χ2v) is 15.2. The van der Waals surface area contributed by atoms with Gasteiger partial charge in [0.15, 0.2) is 0 Å². The predicted molar refractivity (Wildman–Crippen MR) is 232 cm³/mol. The van der Waals surface area contributed by atoms with Crippen molar-refractivity contribution >= 4 is 11.9 Å².